The third-order valence-corrected chi connectivity index (χ3v) is 4.57. The molecule has 0 amide bonds. The summed E-state index contributed by atoms with van der Waals surface area (Å²) in [4.78, 5) is 17.0. The van der Waals surface area contributed by atoms with E-state index in [1.165, 1.54) is 6.33 Å². The number of nitrogens with zero attached hydrogens (tertiary/aromatic N) is 3. The summed E-state index contributed by atoms with van der Waals surface area (Å²) in [6.07, 6.45) is 2.97. The van der Waals surface area contributed by atoms with Gasteiger partial charge in [0.2, 0.25) is 5.95 Å². The summed E-state index contributed by atoms with van der Waals surface area (Å²) in [5.41, 5.74) is 2.82. The van der Waals surface area contributed by atoms with Crippen LogP contribution in [0, 0.1) is 5.92 Å². The van der Waals surface area contributed by atoms with Crippen LogP contribution >= 0.6 is 0 Å². The predicted molar refractivity (Wildman–Crippen MR) is 89.8 cm³/mol. The molecular formula is C18H20N4O2. The minimum absolute atomic E-state index is 0.191. The second-order valence-electron chi connectivity index (χ2n) is 6.39. The zero-order valence-electron chi connectivity index (χ0n) is 13.8. The van der Waals surface area contributed by atoms with Gasteiger partial charge in [0.05, 0.1) is 6.61 Å². The van der Waals surface area contributed by atoms with Crippen LogP contribution in [0.1, 0.15) is 38.3 Å². The van der Waals surface area contributed by atoms with Crippen LogP contribution in [-0.4, -0.2) is 27.2 Å². The van der Waals surface area contributed by atoms with E-state index in [-0.39, 0.29) is 11.8 Å². The van der Waals surface area contributed by atoms with E-state index in [2.05, 4.69) is 22.3 Å². The fourth-order valence-electron chi connectivity index (χ4n) is 3.57. The van der Waals surface area contributed by atoms with E-state index in [4.69, 9.17) is 4.74 Å². The molecule has 0 radical (unpaired) electrons. The SMILES string of the molecule is CCOc1ccc([C@@H]2C3=C(C[C@@H](C)CC3=O)Nc3ncnn32)cc1. The second-order valence-corrected chi connectivity index (χ2v) is 6.39. The van der Waals surface area contributed by atoms with Crippen LogP contribution in [-0.2, 0) is 4.79 Å². The number of Topliss-reactive ketones (excluding diaryl/α,β-unsaturated/α-hetero) is 1. The standard InChI is InChI=1S/C18H20N4O2/c1-3-24-13-6-4-12(5-7-13)17-16-14(8-11(2)9-15(16)23)21-18-19-10-20-22(17)18/h4-7,10-11,17H,3,8-9H2,1-2H3,(H,19,20,21)/t11-,17-/m1/s1. The highest BCUT2D eigenvalue weighted by Crippen LogP contribution is 2.41. The zero-order valence-corrected chi connectivity index (χ0v) is 13.8. The number of carbonyl (C=O) groups is 1. The first-order valence-corrected chi connectivity index (χ1v) is 8.33. The molecule has 0 unspecified atom stereocenters. The van der Waals surface area contributed by atoms with Crippen molar-refractivity contribution in [1.29, 1.82) is 0 Å². The molecule has 6 heteroatoms. The second kappa shape index (κ2) is 5.78. The number of nitrogens with one attached hydrogen (secondary N) is 1. The van der Waals surface area contributed by atoms with Gasteiger partial charge in [0.25, 0.3) is 0 Å². The summed E-state index contributed by atoms with van der Waals surface area (Å²) in [5, 5.41) is 7.64. The first-order chi connectivity index (χ1) is 11.7. The van der Waals surface area contributed by atoms with E-state index >= 15 is 0 Å². The molecule has 2 aromatic rings. The van der Waals surface area contributed by atoms with E-state index in [9.17, 15) is 4.79 Å². The maximum Gasteiger partial charge on any atom is 0.226 e. The molecule has 1 aliphatic carbocycles. The van der Waals surface area contributed by atoms with Crippen molar-refractivity contribution in [3.05, 3.63) is 47.4 Å². The molecule has 2 aliphatic rings. The van der Waals surface area contributed by atoms with Crippen LogP contribution in [0.3, 0.4) is 0 Å². The van der Waals surface area contributed by atoms with E-state index in [1.807, 2.05) is 31.2 Å². The topological polar surface area (TPSA) is 69.0 Å². The first-order valence-electron chi connectivity index (χ1n) is 8.33. The molecule has 1 N–H and O–H groups in total. The highest BCUT2D eigenvalue weighted by atomic mass is 16.5. The molecule has 0 fully saturated rings. The number of anilines is 1. The number of fused-ring (bicyclic) bond motifs is 1. The Morgan fingerprint density at radius 2 is 2.08 bits per heavy atom. The zero-order chi connectivity index (χ0) is 16.7. The number of ketones is 1. The number of hydrogen-bond donors (Lipinski definition) is 1. The minimum atomic E-state index is -0.227. The molecule has 1 aromatic heterocycles. The number of benzene rings is 1. The average molecular weight is 324 g/mol. The molecule has 2 heterocycles. The Morgan fingerprint density at radius 1 is 1.29 bits per heavy atom. The number of allylic oxidation sites excluding steroid dienone is 2. The number of carbonyl (C=O) groups excluding carboxylic acids is 1. The van der Waals surface area contributed by atoms with Gasteiger partial charge in [-0.15, -0.1) is 0 Å². The van der Waals surface area contributed by atoms with E-state index < -0.39 is 0 Å². The van der Waals surface area contributed by atoms with Crippen LogP contribution in [0.15, 0.2) is 41.9 Å². The van der Waals surface area contributed by atoms with Crippen LogP contribution in [0.25, 0.3) is 0 Å². The van der Waals surface area contributed by atoms with Gasteiger partial charge in [-0.1, -0.05) is 19.1 Å². The van der Waals surface area contributed by atoms with Crippen molar-refractivity contribution in [2.75, 3.05) is 11.9 Å². The lowest BCUT2D eigenvalue weighted by Crippen LogP contribution is -2.33. The molecule has 6 nitrogen and oxygen atoms in total. The monoisotopic (exact) mass is 324 g/mol. The minimum Gasteiger partial charge on any atom is -0.494 e. The van der Waals surface area contributed by atoms with Gasteiger partial charge in [0.15, 0.2) is 5.78 Å². The van der Waals surface area contributed by atoms with E-state index in [0.717, 1.165) is 29.0 Å². The largest absolute Gasteiger partial charge is 0.494 e. The Morgan fingerprint density at radius 3 is 2.83 bits per heavy atom. The van der Waals surface area contributed by atoms with Gasteiger partial charge in [0, 0.05) is 17.7 Å². The summed E-state index contributed by atoms with van der Waals surface area (Å²) >= 11 is 0. The average Bonchev–Trinajstić information content (AvgIpc) is 3.02. The maximum absolute atomic E-state index is 12.7. The molecule has 1 aromatic carbocycles. The van der Waals surface area contributed by atoms with Gasteiger partial charge in [-0.25, -0.2) is 4.68 Å². The van der Waals surface area contributed by atoms with Gasteiger partial charge in [-0.05, 0) is 37.0 Å². The van der Waals surface area contributed by atoms with Crippen molar-refractivity contribution in [3.8, 4) is 5.75 Å². The Kier molecular flexibility index (Phi) is 3.59. The highest BCUT2D eigenvalue weighted by molar-refractivity contribution is 5.99. The molecule has 0 saturated carbocycles. The van der Waals surface area contributed by atoms with Crippen molar-refractivity contribution in [1.82, 2.24) is 14.8 Å². The molecule has 1 aliphatic heterocycles. The highest BCUT2D eigenvalue weighted by Gasteiger charge is 2.37. The fourth-order valence-corrected chi connectivity index (χ4v) is 3.57. The smallest absolute Gasteiger partial charge is 0.226 e. The van der Waals surface area contributed by atoms with Crippen LogP contribution in [0.5, 0.6) is 5.75 Å². The first kappa shape index (κ1) is 14.9. The van der Waals surface area contributed by atoms with Gasteiger partial charge in [-0.2, -0.15) is 10.1 Å². The van der Waals surface area contributed by atoms with Crippen molar-refractivity contribution in [3.63, 3.8) is 0 Å². The quantitative estimate of drug-likeness (QED) is 0.940. The molecule has 24 heavy (non-hydrogen) atoms. The van der Waals surface area contributed by atoms with Gasteiger partial charge in [-0.3, -0.25) is 4.79 Å². The normalized spacial score (nSPS) is 22.7. The summed E-state index contributed by atoms with van der Waals surface area (Å²) in [6, 6.07) is 7.65. The lowest BCUT2D eigenvalue weighted by molar-refractivity contribution is -0.117. The van der Waals surface area contributed by atoms with Gasteiger partial charge < -0.3 is 10.1 Å². The van der Waals surface area contributed by atoms with Gasteiger partial charge >= 0.3 is 0 Å². The molecule has 124 valence electrons. The van der Waals surface area contributed by atoms with Crippen LogP contribution < -0.4 is 10.1 Å². The number of hydrogen-bond acceptors (Lipinski definition) is 5. The molecule has 0 spiro atoms. The van der Waals surface area contributed by atoms with Crippen LogP contribution in [0.2, 0.25) is 0 Å². The lowest BCUT2D eigenvalue weighted by atomic mass is 9.81. The third kappa shape index (κ3) is 2.38. The van der Waals surface area contributed by atoms with Gasteiger partial charge in [0.1, 0.15) is 18.1 Å². The molecular weight excluding hydrogens is 304 g/mol. The molecule has 0 bridgehead atoms. The lowest BCUT2D eigenvalue weighted by Gasteiger charge is -2.34. The summed E-state index contributed by atoms with van der Waals surface area (Å²) < 4.78 is 7.31. The number of ether oxygens (including phenoxy) is 1. The third-order valence-electron chi connectivity index (χ3n) is 4.57. The summed E-state index contributed by atoms with van der Waals surface area (Å²) in [6.45, 7) is 4.70. The fraction of sp³-hybridized carbons (Fsp3) is 0.389. The molecule has 4 rings (SSSR count). The molecule has 0 saturated heterocycles. The van der Waals surface area contributed by atoms with Crippen molar-refractivity contribution >= 4 is 11.7 Å². The molecule has 2 atom stereocenters. The van der Waals surface area contributed by atoms with Crippen molar-refractivity contribution in [2.45, 2.75) is 32.7 Å². The predicted octanol–water partition coefficient (Wildman–Crippen LogP) is 2.94. The maximum atomic E-state index is 12.7. The Bertz CT molecular complexity index is 807. The van der Waals surface area contributed by atoms with E-state index in [0.29, 0.717) is 24.9 Å². The Labute approximate surface area is 140 Å². The van der Waals surface area contributed by atoms with Crippen molar-refractivity contribution in [2.24, 2.45) is 5.92 Å². The Hall–Kier alpha value is -2.63. The van der Waals surface area contributed by atoms with Crippen molar-refractivity contribution < 1.29 is 9.53 Å². The number of aromatic nitrogens is 3. The summed E-state index contributed by atoms with van der Waals surface area (Å²) in [5.74, 6) is 2.05. The Balaban J connectivity index is 1.80. The number of rotatable bonds is 3. The summed E-state index contributed by atoms with van der Waals surface area (Å²) in [7, 11) is 0. The van der Waals surface area contributed by atoms with Crippen LogP contribution in [0.4, 0.5) is 5.95 Å². The van der Waals surface area contributed by atoms with E-state index in [1.54, 1.807) is 4.68 Å².